The van der Waals surface area contributed by atoms with Crippen molar-refractivity contribution in [2.45, 2.75) is 30.7 Å². The molecule has 0 bridgehead atoms. The van der Waals surface area contributed by atoms with Gasteiger partial charge in [0.2, 0.25) is 0 Å². The average Bonchev–Trinajstić information content (AvgIpc) is 2.21. The molecule has 0 radical (unpaired) electrons. The van der Waals surface area contributed by atoms with Crippen molar-refractivity contribution in [2.24, 2.45) is 0 Å². The molecule has 0 aromatic heterocycles. The van der Waals surface area contributed by atoms with E-state index in [2.05, 4.69) is 11.5 Å². The van der Waals surface area contributed by atoms with E-state index in [1.165, 1.54) is 5.16 Å². The first-order valence-electron chi connectivity index (χ1n) is 3.96. The molecule has 1 fully saturated rings. The van der Waals surface area contributed by atoms with E-state index < -0.39 is 30.7 Å². The van der Waals surface area contributed by atoms with Gasteiger partial charge in [-0.15, -0.1) is 0 Å². The molecule has 0 spiro atoms. The van der Waals surface area contributed by atoms with E-state index in [1.807, 2.05) is 0 Å². The summed E-state index contributed by atoms with van der Waals surface area (Å²) in [6.07, 6.45) is -7.33. The van der Waals surface area contributed by atoms with Crippen molar-refractivity contribution in [3.63, 3.8) is 0 Å². The number of hydrogen-bond acceptors (Lipinski definition) is 7. The topological polar surface area (TPSA) is 144 Å². The van der Waals surface area contributed by atoms with Crippen LogP contribution in [0.2, 0.25) is 0 Å². The van der Waals surface area contributed by atoms with Crippen LogP contribution in [-0.4, -0.2) is 64.1 Å². The van der Waals surface area contributed by atoms with Crippen molar-refractivity contribution in [3.05, 3.63) is 5.21 Å². The van der Waals surface area contributed by atoms with E-state index >= 15 is 0 Å². The fourth-order valence-corrected chi connectivity index (χ4v) is 1.000. The Balaban J connectivity index is 0.000000583. The smallest absolute Gasteiger partial charge is 0.184 e. The van der Waals surface area contributed by atoms with E-state index in [-0.39, 0.29) is 6.29 Å². The molecule has 1 rings (SSSR count). The molecule has 1 heterocycles. The summed E-state index contributed by atoms with van der Waals surface area (Å²) in [7, 11) is 0. The number of carbonyl (C=O) groups excluding carboxylic acids is 1. The molecule has 0 aliphatic carbocycles. The SMILES string of the molecule is C=[NH+][O-].O=CC1OC(O)C(O)C(O)C1O. The first-order valence-corrected chi connectivity index (χ1v) is 3.96. The van der Waals surface area contributed by atoms with Crippen LogP contribution in [0.3, 0.4) is 0 Å². The molecule has 1 aliphatic heterocycles. The Bertz CT molecular complexity index is 212. The van der Waals surface area contributed by atoms with Crippen LogP contribution >= 0.6 is 0 Å². The van der Waals surface area contributed by atoms with Crippen LogP contribution in [0.1, 0.15) is 0 Å². The van der Waals surface area contributed by atoms with Gasteiger partial charge < -0.3 is 35.2 Å². The number of aliphatic hydroxyl groups excluding tert-OH is 4. The third-order valence-electron chi connectivity index (χ3n) is 1.76. The Labute approximate surface area is 85.0 Å². The number of carbonyl (C=O) groups is 1. The minimum absolute atomic E-state index is 0.253. The van der Waals surface area contributed by atoms with Crippen molar-refractivity contribution < 1.29 is 35.1 Å². The van der Waals surface area contributed by atoms with Gasteiger partial charge in [-0.3, -0.25) is 0 Å². The van der Waals surface area contributed by atoms with Crippen LogP contribution in [0, 0.1) is 5.21 Å². The highest BCUT2D eigenvalue weighted by molar-refractivity contribution is 5.57. The lowest BCUT2D eigenvalue weighted by Gasteiger charge is -2.35. The molecule has 88 valence electrons. The zero-order valence-electron chi connectivity index (χ0n) is 7.68. The monoisotopic (exact) mass is 223 g/mol. The normalized spacial score (nSPS) is 39.9. The Morgan fingerprint density at radius 2 is 1.67 bits per heavy atom. The molecule has 0 aromatic carbocycles. The second-order valence-electron chi connectivity index (χ2n) is 2.74. The summed E-state index contributed by atoms with van der Waals surface area (Å²) in [6, 6.07) is 0. The fraction of sp³-hybridized carbons (Fsp3) is 0.714. The molecule has 1 saturated heterocycles. The van der Waals surface area contributed by atoms with Gasteiger partial charge in [0.05, 0.1) is 0 Å². The van der Waals surface area contributed by atoms with Crippen LogP contribution in [0.15, 0.2) is 0 Å². The molecule has 8 heteroatoms. The summed E-state index contributed by atoms with van der Waals surface area (Å²) >= 11 is 0. The highest BCUT2D eigenvalue weighted by Gasteiger charge is 2.42. The van der Waals surface area contributed by atoms with Crippen LogP contribution in [0.4, 0.5) is 0 Å². The lowest BCUT2D eigenvalue weighted by Crippen LogP contribution is -2.57. The van der Waals surface area contributed by atoms with Gasteiger partial charge in [0.15, 0.2) is 12.6 Å². The fourth-order valence-electron chi connectivity index (χ4n) is 1.000. The summed E-state index contributed by atoms with van der Waals surface area (Å²) < 4.78 is 4.46. The van der Waals surface area contributed by atoms with E-state index in [9.17, 15) is 4.79 Å². The average molecular weight is 223 g/mol. The molecule has 0 saturated carbocycles. The van der Waals surface area contributed by atoms with Gasteiger partial charge in [0.25, 0.3) is 0 Å². The first-order chi connectivity index (χ1) is 6.99. The van der Waals surface area contributed by atoms with Crippen molar-refractivity contribution >= 4 is 13.0 Å². The lowest BCUT2D eigenvalue weighted by molar-refractivity contribution is -0.361. The lowest BCUT2D eigenvalue weighted by atomic mass is 10.00. The van der Waals surface area contributed by atoms with E-state index in [0.29, 0.717) is 0 Å². The van der Waals surface area contributed by atoms with E-state index in [4.69, 9.17) is 25.6 Å². The van der Waals surface area contributed by atoms with Gasteiger partial charge in [0.1, 0.15) is 31.1 Å². The Morgan fingerprint density at radius 3 is 2.07 bits per heavy atom. The van der Waals surface area contributed by atoms with Gasteiger partial charge in [-0.2, -0.15) is 0 Å². The number of ether oxygens (including phenoxy) is 1. The highest BCUT2D eigenvalue weighted by Crippen LogP contribution is 2.18. The van der Waals surface area contributed by atoms with Crippen molar-refractivity contribution in [3.8, 4) is 0 Å². The largest absolute Gasteiger partial charge is 0.626 e. The van der Waals surface area contributed by atoms with Crippen molar-refractivity contribution in [2.75, 3.05) is 0 Å². The highest BCUT2D eigenvalue weighted by atomic mass is 16.6. The molecule has 5 atom stereocenters. The third kappa shape index (κ3) is 3.53. The van der Waals surface area contributed by atoms with Crippen molar-refractivity contribution in [1.82, 2.24) is 0 Å². The summed E-state index contributed by atoms with van der Waals surface area (Å²) in [5.74, 6) is 0. The number of hydrogen-bond donors (Lipinski definition) is 5. The maximum atomic E-state index is 10.2. The first kappa shape index (κ1) is 13.9. The number of rotatable bonds is 1. The van der Waals surface area contributed by atoms with Crippen molar-refractivity contribution in [1.29, 1.82) is 0 Å². The van der Waals surface area contributed by atoms with E-state index in [0.717, 1.165) is 0 Å². The molecule has 5 unspecified atom stereocenters. The Kier molecular flexibility index (Phi) is 5.97. The van der Waals surface area contributed by atoms with Crippen LogP contribution in [0.5, 0.6) is 0 Å². The van der Waals surface area contributed by atoms with Gasteiger partial charge in [-0.05, 0) is 0 Å². The summed E-state index contributed by atoms with van der Waals surface area (Å²) in [6.45, 7) is 2.68. The standard InChI is InChI=1S/C6H10O6.CH3NO/c7-1-2-3(8)4(9)5(10)6(11)12-2;1-2-3/h1-6,8-11H;2H,1H2. The number of aldehydes is 1. The maximum absolute atomic E-state index is 10.2. The molecule has 0 aromatic rings. The predicted molar refractivity (Wildman–Crippen MR) is 46.4 cm³/mol. The molecule has 15 heavy (non-hydrogen) atoms. The van der Waals surface area contributed by atoms with Gasteiger partial charge in [0, 0.05) is 0 Å². The zero-order valence-corrected chi connectivity index (χ0v) is 7.68. The van der Waals surface area contributed by atoms with Crippen LogP contribution in [-0.2, 0) is 9.53 Å². The molecule has 5 N–H and O–H groups in total. The number of nitrogens with one attached hydrogen (secondary N) is 1. The zero-order chi connectivity index (χ0) is 12.0. The van der Waals surface area contributed by atoms with Gasteiger partial charge in [-0.1, -0.05) is 0 Å². The molecule has 0 amide bonds. The quantitative estimate of drug-likeness (QED) is 0.130. The third-order valence-corrected chi connectivity index (χ3v) is 1.76. The van der Waals surface area contributed by atoms with Crippen LogP contribution < -0.4 is 5.16 Å². The molecule has 8 nitrogen and oxygen atoms in total. The maximum Gasteiger partial charge on any atom is 0.184 e. The summed E-state index contributed by atoms with van der Waals surface area (Å²) in [4.78, 5) is 10.2. The minimum Gasteiger partial charge on any atom is -0.626 e. The molecular formula is C7H13NO7. The Morgan fingerprint density at radius 1 is 1.20 bits per heavy atom. The van der Waals surface area contributed by atoms with Gasteiger partial charge in [-0.25, -0.2) is 5.16 Å². The summed E-state index contributed by atoms with van der Waals surface area (Å²) in [5.41, 5.74) is 0. The summed E-state index contributed by atoms with van der Waals surface area (Å²) in [5, 5.41) is 45.7. The second kappa shape index (κ2) is 6.43. The minimum atomic E-state index is -1.64. The van der Waals surface area contributed by atoms with E-state index in [1.54, 1.807) is 0 Å². The Hall–Kier alpha value is -1.06. The predicted octanol–water partition coefficient (Wildman–Crippen LogP) is -4.75. The number of aliphatic hydroxyl groups is 4. The van der Waals surface area contributed by atoms with Gasteiger partial charge >= 0.3 is 0 Å². The second-order valence-corrected chi connectivity index (χ2v) is 2.74. The van der Waals surface area contributed by atoms with Crippen LogP contribution in [0.25, 0.3) is 0 Å². The molecular weight excluding hydrogens is 210 g/mol. The molecule has 1 aliphatic rings.